The lowest BCUT2D eigenvalue weighted by Gasteiger charge is -2.32. The molecule has 1 fully saturated rings. The van der Waals surface area contributed by atoms with Crippen LogP contribution in [-0.4, -0.2) is 42.9 Å². The van der Waals surface area contributed by atoms with Gasteiger partial charge >= 0.3 is 0 Å². The van der Waals surface area contributed by atoms with Gasteiger partial charge in [0.1, 0.15) is 0 Å². The van der Waals surface area contributed by atoms with Crippen LogP contribution in [-0.2, 0) is 4.74 Å². The minimum absolute atomic E-state index is 0.266. The summed E-state index contributed by atoms with van der Waals surface area (Å²) in [5.74, 6) is 1.27. The number of nitrogens with zero attached hydrogens (tertiary/aromatic N) is 3. The maximum absolute atomic E-state index is 5.62. The van der Waals surface area contributed by atoms with Gasteiger partial charge in [0, 0.05) is 13.1 Å². The topological polar surface area (TPSA) is 47.5 Å². The van der Waals surface area contributed by atoms with Crippen LogP contribution in [0.4, 0.5) is 5.95 Å². The first-order valence-corrected chi connectivity index (χ1v) is 6.47. The molecule has 2 heterocycles. The molecule has 6 heteroatoms. The molecule has 0 bridgehead atoms. The third kappa shape index (κ3) is 2.87. The molecule has 0 spiro atoms. The molecule has 17 heavy (non-hydrogen) atoms. The first-order valence-electron chi connectivity index (χ1n) is 5.67. The largest absolute Gasteiger partial charge is 0.480 e. The standard InChI is InChI=1S/C11H16BrN3O2/c1-3-8-7-15(4-5-17-8)11-13-6-9(12)10(14-11)16-2/h6,8H,3-5,7H2,1-2H3. The number of hydrogen-bond donors (Lipinski definition) is 0. The molecule has 0 aliphatic carbocycles. The molecule has 0 aromatic carbocycles. The van der Waals surface area contributed by atoms with Crippen molar-refractivity contribution in [2.24, 2.45) is 0 Å². The van der Waals surface area contributed by atoms with Crippen molar-refractivity contribution in [3.63, 3.8) is 0 Å². The molecule has 1 aliphatic rings. The highest BCUT2D eigenvalue weighted by Crippen LogP contribution is 2.24. The van der Waals surface area contributed by atoms with Gasteiger partial charge in [0.05, 0.1) is 30.5 Å². The van der Waals surface area contributed by atoms with Crippen LogP contribution in [0.2, 0.25) is 0 Å². The summed E-state index contributed by atoms with van der Waals surface area (Å²) in [7, 11) is 1.60. The molecule has 1 unspecified atom stereocenters. The summed E-state index contributed by atoms with van der Waals surface area (Å²) in [6.45, 7) is 4.50. The second kappa shape index (κ2) is 5.64. The Morgan fingerprint density at radius 3 is 3.18 bits per heavy atom. The molecule has 1 atom stereocenters. The second-order valence-electron chi connectivity index (χ2n) is 3.87. The van der Waals surface area contributed by atoms with Crippen LogP contribution < -0.4 is 9.64 Å². The Balaban J connectivity index is 2.16. The first kappa shape index (κ1) is 12.6. The number of ether oxygens (including phenoxy) is 2. The van der Waals surface area contributed by atoms with Crippen molar-refractivity contribution < 1.29 is 9.47 Å². The first-order chi connectivity index (χ1) is 8.24. The average molecular weight is 302 g/mol. The lowest BCUT2D eigenvalue weighted by atomic mass is 10.2. The van der Waals surface area contributed by atoms with Crippen molar-refractivity contribution in [3.05, 3.63) is 10.7 Å². The van der Waals surface area contributed by atoms with E-state index in [1.165, 1.54) is 0 Å². The van der Waals surface area contributed by atoms with Crippen LogP contribution in [0.5, 0.6) is 5.88 Å². The van der Waals surface area contributed by atoms with Gasteiger partial charge in [0.2, 0.25) is 11.8 Å². The van der Waals surface area contributed by atoms with Gasteiger partial charge in [-0.1, -0.05) is 6.92 Å². The molecule has 1 saturated heterocycles. The Morgan fingerprint density at radius 2 is 2.47 bits per heavy atom. The molecule has 2 rings (SSSR count). The Hall–Kier alpha value is -0.880. The van der Waals surface area contributed by atoms with Crippen molar-refractivity contribution in [3.8, 4) is 5.88 Å². The number of hydrogen-bond acceptors (Lipinski definition) is 5. The molecule has 0 radical (unpaired) electrons. The highest BCUT2D eigenvalue weighted by atomic mass is 79.9. The van der Waals surface area contributed by atoms with Gasteiger partial charge in [-0.3, -0.25) is 0 Å². The Kier molecular flexibility index (Phi) is 4.17. The number of halogens is 1. The van der Waals surface area contributed by atoms with Gasteiger partial charge < -0.3 is 14.4 Å². The van der Waals surface area contributed by atoms with E-state index in [4.69, 9.17) is 9.47 Å². The molecule has 1 aromatic heterocycles. The van der Waals surface area contributed by atoms with Crippen LogP contribution in [0.1, 0.15) is 13.3 Å². The molecule has 94 valence electrons. The number of morpholine rings is 1. The van der Waals surface area contributed by atoms with Crippen LogP contribution in [0.25, 0.3) is 0 Å². The Morgan fingerprint density at radius 1 is 1.65 bits per heavy atom. The molecule has 1 aliphatic heterocycles. The molecule has 1 aromatic rings. The fourth-order valence-electron chi connectivity index (χ4n) is 1.79. The molecule has 5 nitrogen and oxygen atoms in total. The van der Waals surface area contributed by atoms with Crippen LogP contribution in [0.3, 0.4) is 0 Å². The van der Waals surface area contributed by atoms with E-state index in [0.29, 0.717) is 11.8 Å². The van der Waals surface area contributed by atoms with Gasteiger partial charge in [-0.15, -0.1) is 0 Å². The smallest absolute Gasteiger partial charge is 0.232 e. The zero-order valence-electron chi connectivity index (χ0n) is 10.0. The Bertz CT molecular complexity index is 389. The number of anilines is 1. The minimum Gasteiger partial charge on any atom is -0.480 e. The predicted octanol–water partition coefficient (Wildman–Crippen LogP) is 1.86. The van der Waals surface area contributed by atoms with E-state index < -0.39 is 0 Å². The van der Waals surface area contributed by atoms with Gasteiger partial charge in [-0.25, -0.2) is 4.98 Å². The second-order valence-corrected chi connectivity index (χ2v) is 4.73. The van der Waals surface area contributed by atoms with Crippen molar-refractivity contribution in [2.45, 2.75) is 19.4 Å². The summed E-state index contributed by atoms with van der Waals surface area (Å²) in [4.78, 5) is 10.8. The molecule has 0 amide bonds. The predicted molar refractivity (Wildman–Crippen MR) is 68.5 cm³/mol. The fourth-order valence-corrected chi connectivity index (χ4v) is 2.14. The van der Waals surface area contributed by atoms with Gasteiger partial charge in [0.25, 0.3) is 0 Å². The third-order valence-electron chi connectivity index (χ3n) is 2.77. The van der Waals surface area contributed by atoms with E-state index >= 15 is 0 Å². The van der Waals surface area contributed by atoms with Gasteiger partial charge in [-0.05, 0) is 22.4 Å². The lowest BCUT2D eigenvalue weighted by molar-refractivity contribution is 0.0378. The zero-order valence-corrected chi connectivity index (χ0v) is 11.6. The highest BCUT2D eigenvalue weighted by Gasteiger charge is 2.21. The number of rotatable bonds is 3. The van der Waals surface area contributed by atoms with E-state index in [-0.39, 0.29) is 6.10 Å². The van der Waals surface area contributed by atoms with Crippen LogP contribution in [0, 0.1) is 0 Å². The summed E-state index contributed by atoms with van der Waals surface area (Å²) >= 11 is 3.35. The van der Waals surface area contributed by atoms with E-state index in [2.05, 4.69) is 37.7 Å². The van der Waals surface area contributed by atoms with E-state index in [1.54, 1.807) is 13.3 Å². The van der Waals surface area contributed by atoms with E-state index in [1.807, 2.05) is 0 Å². The van der Waals surface area contributed by atoms with E-state index in [0.717, 1.165) is 30.6 Å². The monoisotopic (exact) mass is 301 g/mol. The third-order valence-corrected chi connectivity index (χ3v) is 3.31. The zero-order chi connectivity index (χ0) is 12.3. The quantitative estimate of drug-likeness (QED) is 0.853. The molecular formula is C11H16BrN3O2. The SMILES string of the molecule is CCC1CN(c2ncc(Br)c(OC)n2)CCO1. The maximum atomic E-state index is 5.62. The average Bonchev–Trinajstić information content (AvgIpc) is 2.39. The van der Waals surface area contributed by atoms with Gasteiger partial charge in [-0.2, -0.15) is 4.98 Å². The summed E-state index contributed by atoms with van der Waals surface area (Å²) in [5.41, 5.74) is 0. The molecule has 0 N–H and O–H groups in total. The van der Waals surface area contributed by atoms with Crippen molar-refractivity contribution in [1.29, 1.82) is 0 Å². The maximum Gasteiger partial charge on any atom is 0.232 e. The van der Waals surface area contributed by atoms with Crippen molar-refractivity contribution in [2.75, 3.05) is 31.7 Å². The van der Waals surface area contributed by atoms with Crippen LogP contribution in [0.15, 0.2) is 10.7 Å². The summed E-state index contributed by atoms with van der Waals surface area (Å²) in [5, 5.41) is 0. The van der Waals surface area contributed by atoms with Crippen LogP contribution >= 0.6 is 15.9 Å². The van der Waals surface area contributed by atoms with E-state index in [9.17, 15) is 0 Å². The number of aromatic nitrogens is 2. The minimum atomic E-state index is 0.266. The molecular weight excluding hydrogens is 286 g/mol. The van der Waals surface area contributed by atoms with Crippen molar-refractivity contribution >= 4 is 21.9 Å². The normalized spacial score (nSPS) is 20.4. The van der Waals surface area contributed by atoms with Gasteiger partial charge in [0.15, 0.2) is 0 Å². The highest BCUT2D eigenvalue weighted by molar-refractivity contribution is 9.10. The lowest BCUT2D eigenvalue weighted by Crippen LogP contribution is -2.43. The molecule has 0 saturated carbocycles. The van der Waals surface area contributed by atoms with Crippen molar-refractivity contribution in [1.82, 2.24) is 9.97 Å². The summed E-state index contributed by atoms with van der Waals surface area (Å²) in [6, 6.07) is 0. The summed E-state index contributed by atoms with van der Waals surface area (Å²) < 4.78 is 11.6. The number of methoxy groups -OCH3 is 1. The summed E-state index contributed by atoms with van der Waals surface area (Å²) in [6.07, 6.45) is 2.99. The fraction of sp³-hybridized carbons (Fsp3) is 0.636. The Labute approximate surface area is 109 Å².